The van der Waals surface area contributed by atoms with Gasteiger partial charge in [0.15, 0.2) is 0 Å². The summed E-state index contributed by atoms with van der Waals surface area (Å²) in [6, 6.07) is 11.1. The maximum Gasteiger partial charge on any atom is 0.274 e. The van der Waals surface area contributed by atoms with Gasteiger partial charge in [0.05, 0.1) is 31.6 Å². The Bertz CT molecular complexity index is 903. The molecule has 0 atom stereocenters. The highest BCUT2D eigenvalue weighted by atomic mass is 16.5. The number of carbonyl (C=O) groups is 1. The van der Waals surface area contributed by atoms with E-state index in [1.807, 2.05) is 43.1 Å². The molecule has 1 fully saturated rings. The third kappa shape index (κ3) is 5.43. The van der Waals surface area contributed by atoms with Crippen LogP contribution in [0.25, 0.3) is 0 Å². The van der Waals surface area contributed by atoms with Crippen LogP contribution >= 0.6 is 0 Å². The molecule has 1 aromatic heterocycles. The van der Waals surface area contributed by atoms with E-state index in [-0.39, 0.29) is 0 Å². The number of anilines is 2. The van der Waals surface area contributed by atoms with Gasteiger partial charge in [0.1, 0.15) is 11.7 Å². The summed E-state index contributed by atoms with van der Waals surface area (Å²) in [4.78, 5) is 25.0. The van der Waals surface area contributed by atoms with Crippen molar-refractivity contribution >= 4 is 23.2 Å². The molecule has 8 nitrogen and oxygen atoms in total. The minimum atomic E-state index is -0.543. The van der Waals surface area contributed by atoms with Crippen LogP contribution in [0.5, 0.6) is 0 Å². The van der Waals surface area contributed by atoms with Gasteiger partial charge in [-0.3, -0.25) is 10.0 Å². The zero-order valence-electron chi connectivity index (χ0n) is 17.3. The van der Waals surface area contributed by atoms with Gasteiger partial charge in [0.2, 0.25) is 0 Å². The average molecular weight is 409 g/mol. The lowest BCUT2D eigenvalue weighted by Gasteiger charge is -2.29. The van der Waals surface area contributed by atoms with Gasteiger partial charge >= 0.3 is 0 Å². The van der Waals surface area contributed by atoms with E-state index in [9.17, 15) is 4.79 Å². The zero-order valence-corrected chi connectivity index (χ0v) is 17.3. The number of aromatic nitrogens is 1. The summed E-state index contributed by atoms with van der Waals surface area (Å²) >= 11 is 0. The largest absolute Gasteiger partial charge is 0.378 e. The van der Waals surface area contributed by atoms with Crippen LogP contribution in [0.4, 0.5) is 11.5 Å². The molecule has 3 rings (SSSR count). The van der Waals surface area contributed by atoms with Crippen molar-refractivity contribution in [1.29, 1.82) is 0 Å². The normalized spacial score (nSPS) is 14.4. The van der Waals surface area contributed by atoms with E-state index < -0.39 is 5.91 Å². The molecule has 2 N–H and O–H groups in total. The van der Waals surface area contributed by atoms with E-state index in [4.69, 9.17) is 9.94 Å². The fourth-order valence-corrected chi connectivity index (χ4v) is 3.25. The Balaban J connectivity index is 1.83. The average Bonchev–Trinajstić information content (AvgIpc) is 2.77. The van der Waals surface area contributed by atoms with E-state index in [2.05, 4.69) is 27.5 Å². The summed E-state index contributed by atoms with van der Waals surface area (Å²) in [7, 11) is 0. The second-order valence-corrected chi connectivity index (χ2v) is 7.09. The first-order valence-corrected chi connectivity index (χ1v) is 9.78. The number of hydrogen-bond donors (Lipinski definition) is 2. The Morgan fingerprint density at radius 3 is 2.50 bits per heavy atom. The second kappa shape index (κ2) is 10.00. The van der Waals surface area contributed by atoms with Crippen molar-refractivity contribution in [3.05, 3.63) is 66.0 Å². The SMILES string of the molecule is C=C(C)N=C(C)N(Cc1ccc(C(=O)NO)cc1)c1ccc(N2CCOCC2)cn1. The molecular weight excluding hydrogens is 382 g/mol. The molecule has 0 radical (unpaired) electrons. The smallest absolute Gasteiger partial charge is 0.274 e. The molecule has 0 bridgehead atoms. The van der Waals surface area contributed by atoms with Crippen molar-refractivity contribution in [1.82, 2.24) is 10.5 Å². The lowest BCUT2D eigenvalue weighted by Crippen LogP contribution is -2.36. The Hall–Kier alpha value is -3.23. The number of nitrogens with one attached hydrogen (secondary N) is 1. The van der Waals surface area contributed by atoms with Gasteiger partial charge in [-0.15, -0.1) is 0 Å². The molecule has 2 aromatic rings. The van der Waals surface area contributed by atoms with Gasteiger partial charge in [-0.25, -0.2) is 15.5 Å². The van der Waals surface area contributed by atoms with Crippen LogP contribution in [0.15, 0.2) is 59.9 Å². The summed E-state index contributed by atoms with van der Waals surface area (Å²) in [5, 5.41) is 8.77. The van der Waals surface area contributed by atoms with Crippen LogP contribution in [0.1, 0.15) is 29.8 Å². The van der Waals surface area contributed by atoms with Gasteiger partial charge in [-0.1, -0.05) is 18.7 Å². The molecule has 0 unspecified atom stereocenters. The Kier molecular flexibility index (Phi) is 7.16. The highest BCUT2D eigenvalue weighted by Crippen LogP contribution is 2.21. The second-order valence-electron chi connectivity index (χ2n) is 7.09. The van der Waals surface area contributed by atoms with Gasteiger partial charge in [-0.05, 0) is 43.7 Å². The van der Waals surface area contributed by atoms with Crippen LogP contribution in [0, 0.1) is 0 Å². The molecule has 158 valence electrons. The van der Waals surface area contributed by atoms with E-state index >= 15 is 0 Å². The standard InChI is InChI=1S/C22H27N5O3/c1-16(2)24-17(3)27(15-18-4-6-19(7-5-18)22(28)25-29)21-9-8-20(14-23-21)26-10-12-30-13-11-26/h4-9,14,29H,1,10-13,15H2,2-3H3,(H,25,28). The number of benzene rings is 1. The van der Waals surface area contributed by atoms with E-state index in [1.54, 1.807) is 17.6 Å². The monoisotopic (exact) mass is 409 g/mol. The number of nitrogens with zero attached hydrogens (tertiary/aromatic N) is 4. The minimum Gasteiger partial charge on any atom is -0.378 e. The number of ether oxygens (including phenoxy) is 1. The van der Waals surface area contributed by atoms with Crippen molar-refractivity contribution in [2.75, 3.05) is 36.1 Å². The van der Waals surface area contributed by atoms with Crippen LogP contribution in [-0.2, 0) is 11.3 Å². The molecule has 8 heteroatoms. The Morgan fingerprint density at radius 2 is 1.93 bits per heavy atom. The van der Waals surface area contributed by atoms with Crippen LogP contribution in [-0.4, -0.2) is 48.2 Å². The third-order valence-electron chi connectivity index (χ3n) is 4.79. The summed E-state index contributed by atoms with van der Waals surface area (Å²) in [5.41, 5.74) is 4.77. The number of carbonyl (C=O) groups excluding carboxylic acids is 1. The van der Waals surface area contributed by atoms with Crippen molar-refractivity contribution in [3.8, 4) is 0 Å². The highest BCUT2D eigenvalue weighted by molar-refractivity contribution is 5.96. The number of rotatable bonds is 6. The molecule has 1 aliphatic heterocycles. The van der Waals surface area contributed by atoms with Gasteiger partial charge in [0.25, 0.3) is 5.91 Å². The number of allylic oxidation sites excluding steroid dienone is 1. The van der Waals surface area contributed by atoms with E-state index in [0.717, 1.165) is 49.2 Å². The number of pyridine rings is 1. The minimum absolute atomic E-state index is 0.383. The van der Waals surface area contributed by atoms with Gasteiger partial charge < -0.3 is 14.5 Å². The van der Waals surface area contributed by atoms with Gasteiger partial charge in [-0.2, -0.15) is 0 Å². The van der Waals surface area contributed by atoms with Crippen LogP contribution < -0.4 is 15.3 Å². The van der Waals surface area contributed by atoms with E-state index in [0.29, 0.717) is 17.8 Å². The summed E-state index contributed by atoms with van der Waals surface area (Å²) in [6.45, 7) is 11.3. The van der Waals surface area contributed by atoms with Crippen molar-refractivity contribution in [2.45, 2.75) is 20.4 Å². The summed E-state index contributed by atoms with van der Waals surface area (Å²) in [5.74, 6) is 0.997. The van der Waals surface area contributed by atoms with Crippen molar-refractivity contribution in [2.24, 2.45) is 4.99 Å². The number of morpholine rings is 1. The summed E-state index contributed by atoms with van der Waals surface area (Å²) < 4.78 is 5.42. The molecule has 1 aliphatic rings. The molecule has 1 aromatic carbocycles. The molecule has 2 heterocycles. The van der Waals surface area contributed by atoms with Crippen molar-refractivity contribution < 1.29 is 14.7 Å². The predicted molar refractivity (Wildman–Crippen MR) is 117 cm³/mol. The quantitative estimate of drug-likeness (QED) is 0.330. The molecule has 1 amide bonds. The number of hydrogen-bond acceptors (Lipinski definition) is 6. The fraction of sp³-hybridized carbons (Fsp3) is 0.318. The maximum absolute atomic E-state index is 11.5. The fourth-order valence-electron chi connectivity index (χ4n) is 3.25. The predicted octanol–water partition coefficient (Wildman–Crippen LogP) is 3.00. The molecule has 0 saturated carbocycles. The number of hydroxylamine groups is 1. The van der Waals surface area contributed by atoms with E-state index in [1.165, 1.54) is 0 Å². The first kappa shape index (κ1) is 21.5. The van der Waals surface area contributed by atoms with Crippen LogP contribution in [0.2, 0.25) is 0 Å². The topological polar surface area (TPSA) is 90.3 Å². The third-order valence-corrected chi connectivity index (χ3v) is 4.79. The van der Waals surface area contributed by atoms with Crippen molar-refractivity contribution in [3.63, 3.8) is 0 Å². The molecule has 30 heavy (non-hydrogen) atoms. The Labute approximate surface area is 176 Å². The lowest BCUT2D eigenvalue weighted by atomic mass is 10.1. The Morgan fingerprint density at radius 1 is 1.23 bits per heavy atom. The highest BCUT2D eigenvalue weighted by Gasteiger charge is 2.16. The zero-order chi connectivity index (χ0) is 21.5. The van der Waals surface area contributed by atoms with Gasteiger partial charge in [0, 0.05) is 24.4 Å². The molecular formula is C22H27N5O3. The van der Waals surface area contributed by atoms with Crippen LogP contribution in [0.3, 0.4) is 0 Å². The summed E-state index contributed by atoms with van der Waals surface area (Å²) in [6.07, 6.45) is 1.87. The number of amidine groups is 1. The number of aliphatic imine (C=N–C) groups is 1. The molecule has 0 spiro atoms. The molecule has 1 saturated heterocycles. The lowest BCUT2D eigenvalue weighted by molar-refractivity contribution is 0.0706. The molecule has 0 aliphatic carbocycles. The first-order chi connectivity index (χ1) is 14.5. The number of amides is 1. The first-order valence-electron chi connectivity index (χ1n) is 9.78. The maximum atomic E-state index is 11.5.